The molecule has 1 amide bonds. The minimum atomic E-state index is -0.671. The van der Waals surface area contributed by atoms with Gasteiger partial charge in [0.25, 0.3) is 0 Å². The number of rotatable bonds is 8. The molecule has 4 fully saturated rings. The van der Waals surface area contributed by atoms with Gasteiger partial charge in [0.05, 0.1) is 0 Å². The van der Waals surface area contributed by atoms with Gasteiger partial charge < -0.3 is 11.1 Å². The number of nitrogens with two attached hydrogens (primary N) is 1. The van der Waals surface area contributed by atoms with Gasteiger partial charge in [-0.05, 0) is 61.1 Å². The van der Waals surface area contributed by atoms with Crippen LogP contribution in [-0.4, -0.2) is 42.0 Å². The molecule has 3 heterocycles. The maximum atomic E-state index is 13.4. The highest BCUT2D eigenvalue weighted by atomic mass is 16.1. The van der Waals surface area contributed by atoms with Gasteiger partial charge >= 0.3 is 0 Å². The van der Waals surface area contributed by atoms with Crippen LogP contribution in [-0.2, 0) is 17.6 Å². The summed E-state index contributed by atoms with van der Waals surface area (Å²) >= 11 is 0. The Bertz CT molecular complexity index is 902. The topological polar surface area (TPSA) is 58.4 Å². The Morgan fingerprint density at radius 1 is 1.06 bits per heavy atom. The van der Waals surface area contributed by atoms with Crippen LogP contribution in [0.2, 0.25) is 0 Å². The van der Waals surface area contributed by atoms with E-state index in [4.69, 9.17) is 5.73 Å². The van der Waals surface area contributed by atoms with Crippen molar-refractivity contribution < 1.29 is 4.79 Å². The summed E-state index contributed by atoms with van der Waals surface area (Å²) in [6.45, 7) is 7.73. The van der Waals surface area contributed by atoms with E-state index in [0.717, 1.165) is 38.9 Å². The van der Waals surface area contributed by atoms with Crippen LogP contribution in [0.15, 0.2) is 60.7 Å². The fourth-order valence-electron chi connectivity index (χ4n) is 7.30. The van der Waals surface area contributed by atoms with Crippen molar-refractivity contribution in [3.8, 4) is 0 Å². The molecule has 2 aromatic rings. The van der Waals surface area contributed by atoms with E-state index in [1.165, 1.54) is 17.5 Å². The van der Waals surface area contributed by atoms with Crippen molar-refractivity contribution in [2.75, 3.05) is 19.6 Å². The van der Waals surface area contributed by atoms with Gasteiger partial charge in [-0.25, -0.2) is 0 Å². The van der Waals surface area contributed by atoms with Crippen LogP contribution in [0.25, 0.3) is 0 Å². The number of hydrogen-bond acceptors (Lipinski definition) is 3. The van der Waals surface area contributed by atoms with Gasteiger partial charge in [-0.2, -0.15) is 0 Å². The van der Waals surface area contributed by atoms with Crippen LogP contribution >= 0.6 is 0 Å². The number of fused-ring (bicyclic) bond motifs is 1. The van der Waals surface area contributed by atoms with Crippen LogP contribution in [0.3, 0.4) is 0 Å². The predicted octanol–water partition coefficient (Wildman–Crippen LogP) is 3.65. The van der Waals surface area contributed by atoms with Crippen LogP contribution < -0.4 is 11.1 Å². The van der Waals surface area contributed by atoms with E-state index in [-0.39, 0.29) is 11.3 Å². The fraction of sp³-hybridized carbons (Fsp3) is 0.536. The first-order chi connectivity index (χ1) is 15.4. The molecule has 3 N–H and O–H groups in total. The zero-order valence-corrected chi connectivity index (χ0v) is 19.5. The monoisotopic (exact) mass is 431 g/mol. The quantitative estimate of drug-likeness (QED) is 0.671. The van der Waals surface area contributed by atoms with E-state index in [1.807, 2.05) is 0 Å². The number of nitrogens with zero attached hydrogens (tertiary/aromatic N) is 1. The molecule has 3 saturated heterocycles. The van der Waals surface area contributed by atoms with Gasteiger partial charge in [-0.1, -0.05) is 74.5 Å². The number of carbonyl (C=O) groups excluding carboxylic acids is 1. The molecule has 4 nitrogen and oxygen atoms in total. The van der Waals surface area contributed by atoms with Crippen molar-refractivity contribution in [1.29, 1.82) is 0 Å². The Balaban J connectivity index is 1.65. The summed E-state index contributed by atoms with van der Waals surface area (Å²) < 4.78 is 0. The highest BCUT2D eigenvalue weighted by Gasteiger charge is 2.71. The SMILES string of the molecule is CC(C)CCN1CC2CC3(C(N)=O)NCC2C1C3(Cc1ccccc1)Cc1ccccc1. The van der Waals surface area contributed by atoms with Crippen LogP contribution in [0.1, 0.15) is 37.8 Å². The van der Waals surface area contributed by atoms with Gasteiger partial charge in [0.2, 0.25) is 5.91 Å². The van der Waals surface area contributed by atoms with Crippen molar-refractivity contribution in [2.24, 2.45) is 28.9 Å². The molecular formula is C28H37N3O. The number of carbonyl (C=O) groups is 1. The number of benzene rings is 2. The molecule has 4 heteroatoms. The zero-order chi connectivity index (χ0) is 22.3. The molecule has 0 radical (unpaired) electrons. The van der Waals surface area contributed by atoms with Gasteiger partial charge in [0.15, 0.2) is 0 Å². The average molecular weight is 432 g/mol. The second-order valence-electron chi connectivity index (χ2n) is 10.9. The largest absolute Gasteiger partial charge is 0.368 e. The first kappa shape index (κ1) is 21.7. The van der Waals surface area contributed by atoms with Crippen molar-refractivity contribution >= 4 is 5.91 Å². The number of likely N-dealkylation sites (tertiary alicyclic amines) is 1. The summed E-state index contributed by atoms with van der Waals surface area (Å²) in [6, 6.07) is 21.8. The van der Waals surface area contributed by atoms with Crippen molar-refractivity contribution in [3.05, 3.63) is 71.8 Å². The molecule has 4 atom stereocenters. The predicted molar refractivity (Wildman–Crippen MR) is 129 cm³/mol. The minimum Gasteiger partial charge on any atom is -0.368 e. The molecular weight excluding hydrogens is 394 g/mol. The standard InChI is InChI=1S/C28H37N3O/c1-20(2)13-14-31-19-23-17-28(26(29)32)27(25(31)24(23)18-30-28,15-21-9-5-3-6-10-21)16-22-11-7-4-8-12-22/h3-12,20,23-25,30H,13-19H2,1-2H3,(H2,29,32). The Kier molecular flexibility index (Phi) is 5.63. The summed E-state index contributed by atoms with van der Waals surface area (Å²) in [7, 11) is 0. The third-order valence-corrected chi connectivity index (χ3v) is 8.64. The number of primary amides is 1. The van der Waals surface area contributed by atoms with Gasteiger partial charge in [-0.15, -0.1) is 0 Å². The first-order valence-electron chi connectivity index (χ1n) is 12.3. The molecule has 2 aromatic carbocycles. The molecule has 0 aromatic heterocycles. The van der Waals surface area contributed by atoms with Gasteiger partial charge in [0, 0.05) is 24.5 Å². The zero-order valence-electron chi connectivity index (χ0n) is 19.5. The maximum Gasteiger partial charge on any atom is 0.238 e. The molecule has 32 heavy (non-hydrogen) atoms. The number of hydrogen-bond donors (Lipinski definition) is 2. The summed E-state index contributed by atoms with van der Waals surface area (Å²) in [5.41, 5.74) is 7.97. The third-order valence-electron chi connectivity index (χ3n) is 8.64. The Labute approximate surface area is 192 Å². The molecule has 1 aliphatic carbocycles. The fourth-order valence-corrected chi connectivity index (χ4v) is 7.30. The van der Waals surface area contributed by atoms with Crippen molar-refractivity contribution in [1.82, 2.24) is 10.2 Å². The van der Waals surface area contributed by atoms with E-state index >= 15 is 0 Å². The van der Waals surface area contributed by atoms with E-state index in [1.54, 1.807) is 0 Å². The van der Waals surface area contributed by atoms with Crippen molar-refractivity contribution in [3.63, 3.8) is 0 Å². The van der Waals surface area contributed by atoms with E-state index in [2.05, 4.69) is 84.7 Å². The lowest BCUT2D eigenvalue weighted by atomic mass is 9.47. The molecule has 4 unspecified atom stereocenters. The normalized spacial score (nSPS) is 30.7. The van der Waals surface area contributed by atoms with Crippen LogP contribution in [0.4, 0.5) is 0 Å². The minimum absolute atomic E-state index is 0.164. The molecule has 6 rings (SSSR count). The Hall–Kier alpha value is -2.17. The number of piperidine rings is 2. The lowest BCUT2D eigenvalue weighted by Gasteiger charge is -2.63. The number of amides is 1. The molecule has 170 valence electrons. The van der Waals surface area contributed by atoms with E-state index in [0.29, 0.717) is 23.8 Å². The number of nitrogens with one attached hydrogen (secondary N) is 1. The smallest absolute Gasteiger partial charge is 0.238 e. The molecule has 4 aliphatic rings. The summed E-state index contributed by atoms with van der Waals surface area (Å²) in [6.07, 6.45) is 3.79. The summed E-state index contributed by atoms with van der Waals surface area (Å²) in [4.78, 5) is 16.1. The summed E-state index contributed by atoms with van der Waals surface area (Å²) in [5.74, 6) is 1.65. The van der Waals surface area contributed by atoms with Gasteiger partial charge in [-0.3, -0.25) is 9.69 Å². The second kappa shape index (κ2) is 8.31. The first-order valence-corrected chi connectivity index (χ1v) is 12.3. The second-order valence-corrected chi connectivity index (χ2v) is 10.9. The van der Waals surface area contributed by atoms with E-state index in [9.17, 15) is 4.79 Å². The molecule has 4 bridgehead atoms. The molecule has 3 aliphatic heterocycles. The van der Waals surface area contributed by atoms with Crippen LogP contribution in [0, 0.1) is 23.2 Å². The van der Waals surface area contributed by atoms with E-state index < -0.39 is 5.54 Å². The lowest BCUT2D eigenvalue weighted by Crippen LogP contribution is -2.80. The van der Waals surface area contributed by atoms with Crippen molar-refractivity contribution in [2.45, 2.75) is 51.1 Å². The molecule has 1 saturated carbocycles. The molecule has 0 spiro atoms. The van der Waals surface area contributed by atoms with Gasteiger partial charge in [0.1, 0.15) is 5.54 Å². The van der Waals surface area contributed by atoms with Crippen LogP contribution in [0.5, 0.6) is 0 Å². The Morgan fingerprint density at radius 2 is 1.66 bits per heavy atom. The maximum absolute atomic E-state index is 13.4. The highest BCUT2D eigenvalue weighted by molar-refractivity contribution is 5.87. The Morgan fingerprint density at radius 3 is 2.19 bits per heavy atom. The lowest BCUT2D eigenvalue weighted by molar-refractivity contribution is -0.148. The summed E-state index contributed by atoms with van der Waals surface area (Å²) in [5, 5.41) is 3.75. The average Bonchev–Trinajstić information content (AvgIpc) is 3.12. The highest BCUT2D eigenvalue weighted by Crippen LogP contribution is 2.60. The third kappa shape index (κ3) is 3.39.